The molecule has 1 saturated heterocycles. The van der Waals surface area contributed by atoms with E-state index in [4.69, 9.17) is 0 Å². The number of amidine groups is 1. The first-order chi connectivity index (χ1) is 8.86. The van der Waals surface area contributed by atoms with Crippen molar-refractivity contribution < 1.29 is 0 Å². The Morgan fingerprint density at radius 2 is 1.94 bits per heavy atom. The van der Waals surface area contributed by atoms with Gasteiger partial charge >= 0.3 is 0 Å². The Morgan fingerprint density at radius 1 is 1.22 bits per heavy atom. The second-order valence-corrected chi connectivity index (χ2v) is 4.71. The van der Waals surface area contributed by atoms with Crippen molar-refractivity contribution in [3.05, 3.63) is 35.9 Å². The average Bonchev–Trinajstić information content (AvgIpc) is 2.83. The summed E-state index contributed by atoms with van der Waals surface area (Å²) < 4.78 is 0. The van der Waals surface area contributed by atoms with Crippen LogP contribution >= 0.6 is 0 Å². The quantitative estimate of drug-likeness (QED) is 0.865. The summed E-state index contributed by atoms with van der Waals surface area (Å²) >= 11 is 0. The van der Waals surface area contributed by atoms with E-state index in [1.54, 1.807) is 0 Å². The third-order valence-corrected chi connectivity index (χ3v) is 3.49. The molecule has 0 aliphatic carbocycles. The van der Waals surface area contributed by atoms with Crippen LogP contribution in [0.4, 0.5) is 5.69 Å². The zero-order valence-corrected chi connectivity index (χ0v) is 10.6. The number of piperidine rings is 1. The molecule has 18 heavy (non-hydrogen) atoms. The first-order valence-electron chi connectivity index (χ1n) is 6.44. The SMILES string of the molecule is CN1[N-]N=C(C2CCNCC2)N1c1ccccc1. The van der Waals surface area contributed by atoms with Crippen LogP contribution in [0, 0.1) is 5.92 Å². The number of anilines is 1. The zero-order chi connectivity index (χ0) is 12.4. The topological polar surface area (TPSA) is 45.0 Å². The molecule has 3 rings (SSSR count). The molecule has 0 amide bonds. The minimum atomic E-state index is 0.500. The second-order valence-electron chi connectivity index (χ2n) is 4.71. The number of nitrogens with zero attached hydrogens (tertiary/aromatic N) is 4. The highest BCUT2D eigenvalue weighted by Crippen LogP contribution is 2.29. The Labute approximate surface area is 107 Å². The third-order valence-electron chi connectivity index (χ3n) is 3.49. The van der Waals surface area contributed by atoms with Gasteiger partial charge < -0.3 is 16.0 Å². The Bertz CT molecular complexity index is 424. The monoisotopic (exact) mass is 244 g/mol. The van der Waals surface area contributed by atoms with Gasteiger partial charge in [0.2, 0.25) is 0 Å². The molecule has 1 aromatic rings. The molecule has 0 saturated carbocycles. The molecule has 0 radical (unpaired) electrons. The van der Waals surface area contributed by atoms with E-state index in [9.17, 15) is 0 Å². The smallest absolute Gasteiger partial charge is 0.107 e. The fourth-order valence-corrected chi connectivity index (χ4v) is 2.54. The molecule has 2 aliphatic heterocycles. The summed E-state index contributed by atoms with van der Waals surface area (Å²) in [5.74, 6) is 1.57. The van der Waals surface area contributed by atoms with Crippen LogP contribution in [0.25, 0.3) is 5.53 Å². The van der Waals surface area contributed by atoms with Crippen LogP contribution in [0.15, 0.2) is 35.4 Å². The number of para-hydroxylation sites is 1. The average molecular weight is 244 g/mol. The number of hydrogen-bond acceptors (Lipinski definition) is 4. The van der Waals surface area contributed by atoms with E-state index >= 15 is 0 Å². The molecule has 1 aromatic carbocycles. The maximum Gasteiger partial charge on any atom is 0.107 e. The summed E-state index contributed by atoms with van der Waals surface area (Å²) in [5.41, 5.74) is 5.30. The highest BCUT2D eigenvalue weighted by molar-refractivity contribution is 6.00. The normalized spacial score (nSPS) is 21.8. The summed E-state index contributed by atoms with van der Waals surface area (Å²) in [5, 5.41) is 11.7. The van der Waals surface area contributed by atoms with Crippen molar-refractivity contribution in [3.8, 4) is 0 Å². The molecule has 1 N–H and O–H groups in total. The van der Waals surface area contributed by atoms with Gasteiger partial charge in [0.15, 0.2) is 0 Å². The summed E-state index contributed by atoms with van der Waals surface area (Å²) in [6, 6.07) is 10.3. The zero-order valence-electron chi connectivity index (χ0n) is 10.6. The minimum absolute atomic E-state index is 0.500. The fraction of sp³-hybridized carbons (Fsp3) is 0.462. The molecule has 5 heteroatoms. The lowest BCUT2D eigenvalue weighted by atomic mass is 9.96. The Morgan fingerprint density at radius 3 is 2.67 bits per heavy atom. The Hall–Kier alpha value is -1.59. The highest BCUT2D eigenvalue weighted by Gasteiger charge is 2.26. The van der Waals surface area contributed by atoms with Gasteiger partial charge in [0.05, 0.1) is 5.69 Å². The van der Waals surface area contributed by atoms with Crippen molar-refractivity contribution in [2.24, 2.45) is 11.0 Å². The number of benzene rings is 1. The van der Waals surface area contributed by atoms with Crippen LogP contribution in [0.5, 0.6) is 0 Å². The summed E-state index contributed by atoms with van der Waals surface area (Å²) in [7, 11) is 1.94. The molecule has 0 spiro atoms. The summed E-state index contributed by atoms with van der Waals surface area (Å²) in [6.07, 6.45) is 2.26. The maximum atomic E-state index is 4.36. The van der Waals surface area contributed by atoms with Gasteiger partial charge in [-0.15, -0.1) is 0 Å². The lowest BCUT2D eigenvalue weighted by Gasteiger charge is -2.37. The van der Waals surface area contributed by atoms with Gasteiger partial charge in [-0.05, 0) is 45.1 Å². The number of rotatable bonds is 2. The molecule has 0 bridgehead atoms. The summed E-state index contributed by atoms with van der Waals surface area (Å²) in [4.78, 5) is 0. The second kappa shape index (κ2) is 4.96. The first-order valence-corrected chi connectivity index (χ1v) is 6.44. The predicted octanol–water partition coefficient (Wildman–Crippen LogP) is 1.96. The molecular weight excluding hydrogens is 226 g/mol. The lowest BCUT2D eigenvalue weighted by molar-refractivity contribution is 0.426. The van der Waals surface area contributed by atoms with E-state index in [2.05, 4.69) is 33.1 Å². The van der Waals surface area contributed by atoms with E-state index in [0.29, 0.717) is 5.92 Å². The van der Waals surface area contributed by atoms with Crippen LogP contribution in [0.1, 0.15) is 12.8 Å². The molecule has 1 fully saturated rings. The standard InChI is InChI=1S/C13H18N5/c1-17-16-15-13(11-7-9-14-10-8-11)18(17)12-5-3-2-4-6-12/h2-6,11,14H,7-10H2,1H3/q-1. The van der Waals surface area contributed by atoms with Crippen LogP contribution in [0.3, 0.4) is 0 Å². The van der Waals surface area contributed by atoms with E-state index in [-0.39, 0.29) is 0 Å². The van der Waals surface area contributed by atoms with Crippen molar-refractivity contribution in [1.82, 2.24) is 10.4 Å². The van der Waals surface area contributed by atoms with Gasteiger partial charge in [0, 0.05) is 5.92 Å². The van der Waals surface area contributed by atoms with Crippen LogP contribution in [-0.2, 0) is 0 Å². The first kappa shape index (κ1) is 11.5. The third kappa shape index (κ3) is 2.07. The van der Waals surface area contributed by atoms with Gasteiger partial charge in [-0.2, -0.15) is 0 Å². The predicted molar refractivity (Wildman–Crippen MR) is 73.1 cm³/mol. The van der Waals surface area contributed by atoms with Gasteiger partial charge in [-0.3, -0.25) is 10.1 Å². The highest BCUT2D eigenvalue weighted by atomic mass is 15.9. The van der Waals surface area contributed by atoms with Crippen molar-refractivity contribution in [2.75, 3.05) is 25.1 Å². The van der Waals surface area contributed by atoms with E-state index in [0.717, 1.165) is 37.5 Å². The number of nitrogens with one attached hydrogen (secondary N) is 1. The Kier molecular flexibility index (Phi) is 3.17. The van der Waals surface area contributed by atoms with Crippen LogP contribution in [0.2, 0.25) is 0 Å². The molecule has 0 unspecified atom stereocenters. The Balaban J connectivity index is 1.85. The molecule has 0 atom stereocenters. The molecular formula is C13H18N5-. The van der Waals surface area contributed by atoms with Crippen molar-refractivity contribution in [1.29, 1.82) is 0 Å². The molecule has 0 aromatic heterocycles. The van der Waals surface area contributed by atoms with E-state index < -0.39 is 0 Å². The van der Waals surface area contributed by atoms with Crippen LogP contribution in [-0.4, -0.2) is 31.1 Å². The van der Waals surface area contributed by atoms with E-state index in [1.807, 2.05) is 30.4 Å². The van der Waals surface area contributed by atoms with E-state index in [1.165, 1.54) is 0 Å². The minimum Gasteiger partial charge on any atom is -0.517 e. The fourth-order valence-electron chi connectivity index (χ4n) is 2.54. The van der Waals surface area contributed by atoms with Gasteiger partial charge in [0.25, 0.3) is 0 Å². The van der Waals surface area contributed by atoms with Crippen molar-refractivity contribution in [2.45, 2.75) is 12.8 Å². The van der Waals surface area contributed by atoms with Crippen molar-refractivity contribution in [3.63, 3.8) is 0 Å². The lowest BCUT2D eigenvalue weighted by Crippen LogP contribution is -2.43. The van der Waals surface area contributed by atoms with Crippen molar-refractivity contribution >= 4 is 11.5 Å². The maximum absolute atomic E-state index is 4.36. The van der Waals surface area contributed by atoms with Gasteiger partial charge in [-0.1, -0.05) is 18.2 Å². The molecule has 2 heterocycles. The number of hydrazine groups is 1. The van der Waals surface area contributed by atoms with Crippen LogP contribution < -0.4 is 10.3 Å². The summed E-state index contributed by atoms with van der Waals surface area (Å²) in [6.45, 7) is 2.13. The van der Waals surface area contributed by atoms with Gasteiger partial charge in [-0.25, -0.2) is 0 Å². The largest absolute Gasteiger partial charge is 0.517 e. The molecule has 5 nitrogen and oxygen atoms in total. The van der Waals surface area contributed by atoms with Gasteiger partial charge in [0.1, 0.15) is 5.84 Å². The molecule has 96 valence electrons. The molecule has 2 aliphatic rings. The number of hydrogen-bond donors (Lipinski definition) is 1.